The maximum absolute atomic E-state index is 11.5. The third-order valence-corrected chi connectivity index (χ3v) is 2.55. The van der Waals surface area contributed by atoms with Gasteiger partial charge in [0.05, 0.1) is 5.69 Å². The monoisotopic (exact) mass is 254 g/mol. The topological polar surface area (TPSA) is 72.7 Å². The van der Waals surface area contributed by atoms with Gasteiger partial charge in [-0.1, -0.05) is 11.6 Å². The first-order valence-electron chi connectivity index (χ1n) is 5.04. The molecule has 0 aliphatic rings. The molecule has 0 saturated heterocycles. The Bertz CT molecular complexity index is 609. The summed E-state index contributed by atoms with van der Waals surface area (Å²) in [4.78, 5) is 25.4. The largest absolute Gasteiger partial charge is 0.329 e. The Kier molecular flexibility index (Phi) is 3.14. The molecular weight excluding hydrogens is 244 g/mol. The maximum atomic E-state index is 11.5. The third-order valence-electron chi connectivity index (χ3n) is 2.35. The molecule has 0 amide bonds. The zero-order chi connectivity index (χ0) is 12.4. The Morgan fingerprint density at radius 3 is 2.82 bits per heavy atom. The molecule has 0 bridgehead atoms. The highest BCUT2D eigenvalue weighted by Crippen LogP contribution is 1.97. The molecule has 0 fully saturated rings. The number of nitrogens with one attached hydrogen (secondary N) is 1. The molecule has 2 rings (SSSR count). The van der Waals surface area contributed by atoms with Crippen molar-refractivity contribution < 1.29 is 0 Å². The lowest BCUT2D eigenvalue weighted by Crippen LogP contribution is -2.35. The summed E-state index contributed by atoms with van der Waals surface area (Å²) in [6.07, 6.45) is 2.33. The summed E-state index contributed by atoms with van der Waals surface area (Å²) in [6, 6.07) is 3.02. The van der Waals surface area contributed by atoms with Gasteiger partial charge in [0, 0.05) is 32.3 Å². The van der Waals surface area contributed by atoms with Crippen molar-refractivity contribution >= 4 is 11.6 Å². The van der Waals surface area contributed by atoms with E-state index in [1.54, 1.807) is 4.68 Å². The molecule has 0 aliphatic carbocycles. The van der Waals surface area contributed by atoms with Crippen LogP contribution in [-0.4, -0.2) is 19.3 Å². The molecular formula is C10H11ClN4O2. The Morgan fingerprint density at radius 2 is 2.24 bits per heavy atom. The summed E-state index contributed by atoms with van der Waals surface area (Å²) in [5.74, 6) is 0. The lowest BCUT2D eigenvalue weighted by atomic mass is 10.3. The van der Waals surface area contributed by atoms with Crippen molar-refractivity contribution in [2.45, 2.75) is 13.0 Å². The number of aromatic amines is 1. The van der Waals surface area contributed by atoms with E-state index in [1.165, 1.54) is 6.07 Å². The van der Waals surface area contributed by atoms with Gasteiger partial charge in [-0.3, -0.25) is 19.0 Å². The second-order valence-corrected chi connectivity index (χ2v) is 4.05. The molecule has 2 aromatic rings. The fourth-order valence-corrected chi connectivity index (χ4v) is 1.70. The lowest BCUT2D eigenvalue weighted by molar-refractivity contribution is 0.613. The fourth-order valence-electron chi connectivity index (χ4n) is 1.53. The maximum Gasteiger partial charge on any atom is 0.329 e. The van der Waals surface area contributed by atoms with Crippen molar-refractivity contribution in [1.82, 2.24) is 19.3 Å². The van der Waals surface area contributed by atoms with E-state index in [9.17, 15) is 9.59 Å². The first-order valence-corrected chi connectivity index (χ1v) is 5.42. The van der Waals surface area contributed by atoms with Gasteiger partial charge in [0.1, 0.15) is 5.15 Å². The lowest BCUT2D eigenvalue weighted by Gasteiger charge is -2.02. The summed E-state index contributed by atoms with van der Waals surface area (Å²) in [5.41, 5.74) is -0.0816. The van der Waals surface area contributed by atoms with Crippen LogP contribution in [0.3, 0.4) is 0 Å². The molecule has 0 aromatic carbocycles. The van der Waals surface area contributed by atoms with Gasteiger partial charge >= 0.3 is 5.69 Å². The van der Waals surface area contributed by atoms with Gasteiger partial charge in [0.25, 0.3) is 5.56 Å². The standard InChI is InChI=1S/C10H11ClN4O2/c1-14-4-2-7(13-14)3-5-15-9(16)6-8(11)12-10(15)17/h2,4,6H,3,5H2,1H3,(H,12,17). The van der Waals surface area contributed by atoms with Crippen molar-refractivity contribution in [1.29, 1.82) is 0 Å². The molecule has 7 heteroatoms. The van der Waals surface area contributed by atoms with Crippen LogP contribution >= 0.6 is 11.6 Å². The number of nitrogens with zero attached hydrogens (tertiary/aromatic N) is 3. The quantitative estimate of drug-likeness (QED) is 0.794. The van der Waals surface area contributed by atoms with Crippen LogP contribution in [0.15, 0.2) is 27.9 Å². The van der Waals surface area contributed by atoms with Crippen LogP contribution in [0, 0.1) is 0 Å². The molecule has 0 aliphatic heterocycles. The number of aromatic nitrogens is 4. The van der Waals surface area contributed by atoms with Crippen molar-refractivity contribution in [3.8, 4) is 0 Å². The van der Waals surface area contributed by atoms with Gasteiger partial charge in [0.15, 0.2) is 0 Å². The predicted octanol–water partition coefficient (Wildman–Crippen LogP) is 0.166. The first kappa shape index (κ1) is 11.7. The van der Waals surface area contributed by atoms with Crippen molar-refractivity contribution in [2.75, 3.05) is 0 Å². The highest BCUT2D eigenvalue weighted by atomic mass is 35.5. The molecule has 0 unspecified atom stereocenters. The Labute approximate surface area is 101 Å². The molecule has 0 radical (unpaired) electrons. The minimum absolute atomic E-state index is 0.0501. The Morgan fingerprint density at radius 1 is 1.47 bits per heavy atom. The van der Waals surface area contributed by atoms with Gasteiger partial charge in [-0.2, -0.15) is 5.10 Å². The molecule has 2 aromatic heterocycles. The third kappa shape index (κ3) is 2.65. The number of rotatable bonds is 3. The van der Waals surface area contributed by atoms with E-state index in [-0.39, 0.29) is 11.7 Å². The highest BCUT2D eigenvalue weighted by molar-refractivity contribution is 6.29. The van der Waals surface area contributed by atoms with Gasteiger partial charge in [-0.05, 0) is 6.07 Å². The fraction of sp³-hybridized carbons (Fsp3) is 0.300. The van der Waals surface area contributed by atoms with E-state index < -0.39 is 11.2 Å². The Hall–Kier alpha value is -1.82. The summed E-state index contributed by atoms with van der Waals surface area (Å²) in [6.45, 7) is 0.280. The minimum Gasteiger partial charge on any atom is -0.298 e. The number of aryl methyl sites for hydroxylation is 2. The number of hydrogen-bond acceptors (Lipinski definition) is 3. The van der Waals surface area contributed by atoms with Gasteiger partial charge in [-0.15, -0.1) is 0 Å². The SMILES string of the molecule is Cn1ccc(CCn2c(=O)cc(Cl)[nH]c2=O)n1. The van der Waals surface area contributed by atoms with Crippen LogP contribution < -0.4 is 11.2 Å². The Balaban J connectivity index is 2.20. The summed E-state index contributed by atoms with van der Waals surface area (Å²) < 4.78 is 2.77. The van der Waals surface area contributed by atoms with Crippen LogP contribution in [0.1, 0.15) is 5.69 Å². The molecule has 17 heavy (non-hydrogen) atoms. The predicted molar refractivity (Wildman–Crippen MR) is 63.2 cm³/mol. The second kappa shape index (κ2) is 4.58. The van der Waals surface area contributed by atoms with E-state index in [4.69, 9.17) is 11.6 Å². The van der Waals surface area contributed by atoms with Crippen LogP contribution in [0.25, 0.3) is 0 Å². The minimum atomic E-state index is -0.501. The first-order chi connectivity index (χ1) is 8.06. The van der Waals surface area contributed by atoms with Crippen LogP contribution in [0.4, 0.5) is 0 Å². The van der Waals surface area contributed by atoms with Crippen molar-refractivity contribution in [3.05, 3.63) is 50.0 Å². The summed E-state index contributed by atoms with van der Waals surface area (Å²) in [5, 5.41) is 4.22. The highest BCUT2D eigenvalue weighted by Gasteiger charge is 2.04. The second-order valence-electron chi connectivity index (χ2n) is 3.64. The van der Waals surface area contributed by atoms with Gasteiger partial charge < -0.3 is 0 Å². The zero-order valence-corrected chi connectivity index (χ0v) is 9.94. The summed E-state index contributed by atoms with van der Waals surface area (Å²) >= 11 is 5.56. The average molecular weight is 255 g/mol. The van der Waals surface area contributed by atoms with Gasteiger partial charge in [-0.25, -0.2) is 4.79 Å². The molecule has 0 spiro atoms. The molecule has 0 atom stereocenters. The van der Waals surface area contributed by atoms with Crippen LogP contribution in [0.2, 0.25) is 5.15 Å². The average Bonchev–Trinajstić information content (AvgIpc) is 2.62. The summed E-state index contributed by atoms with van der Waals surface area (Å²) in [7, 11) is 1.81. The van der Waals surface area contributed by atoms with E-state index in [1.807, 2.05) is 19.3 Å². The van der Waals surface area contributed by atoms with E-state index in [2.05, 4.69) is 10.1 Å². The zero-order valence-electron chi connectivity index (χ0n) is 9.18. The number of halogens is 1. The van der Waals surface area contributed by atoms with E-state index in [0.717, 1.165) is 10.3 Å². The van der Waals surface area contributed by atoms with Crippen molar-refractivity contribution in [3.63, 3.8) is 0 Å². The molecule has 0 saturated carbocycles. The molecule has 6 nitrogen and oxygen atoms in total. The van der Waals surface area contributed by atoms with E-state index >= 15 is 0 Å². The molecule has 1 N–H and O–H groups in total. The number of H-pyrrole nitrogens is 1. The van der Waals surface area contributed by atoms with Crippen LogP contribution in [-0.2, 0) is 20.0 Å². The van der Waals surface area contributed by atoms with Crippen molar-refractivity contribution in [2.24, 2.45) is 7.05 Å². The van der Waals surface area contributed by atoms with E-state index in [0.29, 0.717) is 6.42 Å². The van der Waals surface area contributed by atoms with Gasteiger partial charge in [0.2, 0.25) is 0 Å². The number of hydrogen-bond donors (Lipinski definition) is 1. The smallest absolute Gasteiger partial charge is 0.298 e. The van der Waals surface area contributed by atoms with Crippen LogP contribution in [0.5, 0.6) is 0 Å². The normalized spacial score (nSPS) is 10.7. The molecule has 90 valence electrons. The molecule has 2 heterocycles.